The molecule has 0 atom stereocenters. The van der Waals surface area contributed by atoms with Gasteiger partial charge in [0.2, 0.25) is 0 Å². The second kappa shape index (κ2) is 7.46. The lowest BCUT2D eigenvalue weighted by molar-refractivity contribution is 0.180. The van der Waals surface area contributed by atoms with Gasteiger partial charge in [-0.1, -0.05) is 12.1 Å². The van der Waals surface area contributed by atoms with Crippen molar-refractivity contribution in [2.24, 2.45) is 5.92 Å². The summed E-state index contributed by atoms with van der Waals surface area (Å²) in [6.07, 6.45) is 5.94. The zero-order chi connectivity index (χ0) is 16.1. The van der Waals surface area contributed by atoms with Crippen LogP contribution in [0.4, 0.5) is 9.93 Å². The molecule has 1 aromatic heterocycles. The van der Waals surface area contributed by atoms with Gasteiger partial charge in [-0.2, -0.15) is 0 Å². The number of urea groups is 1. The third-order valence-corrected chi connectivity index (χ3v) is 5.01. The first kappa shape index (κ1) is 15.8. The number of benzene rings is 1. The van der Waals surface area contributed by atoms with Gasteiger partial charge in [-0.15, -0.1) is 11.3 Å². The average Bonchev–Trinajstić information content (AvgIpc) is 3.08. The molecule has 6 heteroatoms. The Kier molecular flexibility index (Phi) is 5.12. The number of hydrogen-bond acceptors (Lipinski definition) is 4. The van der Waals surface area contributed by atoms with Gasteiger partial charge >= 0.3 is 6.03 Å². The Morgan fingerprint density at radius 1 is 1.30 bits per heavy atom. The molecule has 0 unspecified atom stereocenters. The molecule has 2 heterocycles. The number of carbonyl (C=O) groups excluding carboxylic acids is 1. The van der Waals surface area contributed by atoms with Crippen LogP contribution in [0.2, 0.25) is 0 Å². The van der Waals surface area contributed by atoms with Gasteiger partial charge in [0, 0.05) is 24.7 Å². The third-order valence-electron chi connectivity index (χ3n) is 4.33. The molecule has 122 valence electrons. The van der Waals surface area contributed by atoms with E-state index < -0.39 is 0 Å². The van der Waals surface area contributed by atoms with Crippen LogP contribution >= 0.6 is 11.3 Å². The third kappa shape index (κ3) is 4.45. The van der Waals surface area contributed by atoms with Crippen LogP contribution < -0.4 is 5.32 Å². The maximum atomic E-state index is 12.1. The van der Waals surface area contributed by atoms with E-state index in [0.717, 1.165) is 38.8 Å². The fraction of sp³-hybridized carbons (Fsp3) is 0.412. The highest BCUT2D eigenvalue weighted by atomic mass is 32.1. The van der Waals surface area contributed by atoms with E-state index in [9.17, 15) is 9.90 Å². The van der Waals surface area contributed by atoms with E-state index in [0.29, 0.717) is 16.8 Å². The van der Waals surface area contributed by atoms with Crippen molar-refractivity contribution in [3.63, 3.8) is 0 Å². The number of phenols is 1. The standard InChI is InChI=1S/C17H21N3O2S/c21-15-5-3-13(4-6-15)1-2-14-7-10-20(11-8-14)17(22)19-16-18-9-12-23-16/h3-6,9,12,14,21H,1-2,7-8,10-11H2,(H,18,19,22). The Bertz CT molecular complexity index is 620. The topological polar surface area (TPSA) is 65.5 Å². The lowest BCUT2D eigenvalue weighted by Crippen LogP contribution is -2.41. The number of rotatable bonds is 4. The summed E-state index contributed by atoms with van der Waals surface area (Å²) < 4.78 is 0. The number of nitrogens with zero attached hydrogens (tertiary/aromatic N) is 2. The maximum Gasteiger partial charge on any atom is 0.323 e. The van der Waals surface area contributed by atoms with Crippen molar-refractivity contribution in [2.45, 2.75) is 25.7 Å². The van der Waals surface area contributed by atoms with Crippen molar-refractivity contribution in [1.29, 1.82) is 0 Å². The number of hydrogen-bond donors (Lipinski definition) is 2. The van der Waals surface area contributed by atoms with Crippen molar-refractivity contribution in [2.75, 3.05) is 18.4 Å². The molecule has 2 N–H and O–H groups in total. The molecule has 1 aliphatic rings. The molecule has 3 rings (SSSR count). The van der Waals surface area contributed by atoms with Gasteiger partial charge in [0.15, 0.2) is 5.13 Å². The minimum atomic E-state index is -0.0445. The number of aryl methyl sites for hydroxylation is 1. The molecule has 0 spiro atoms. The SMILES string of the molecule is O=C(Nc1nccs1)N1CCC(CCc2ccc(O)cc2)CC1. The smallest absolute Gasteiger partial charge is 0.323 e. The fourth-order valence-electron chi connectivity index (χ4n) is 2.91. The van der Waals surface area contributed by atoms with Crippen molar-refractivity contribution < 1.29 is 9.90 Å². The lowest BCUT2D eigenvalue weighted by atomic mass is 9.90. The summed E-state index contributed by atoms with van der Waals surface area (Å²) in [7, 11) is 0. The highest BCUT2D eigenvalue weighted by Gasteiger charge is 2.23. The van der Waals surface area contributed by atoms with Crippen molar-refractivity contribution in [3.8, 4) is 5.75 Å². The number of carbonyl (C=O) groups is 1. The number of piperidine rings is 1. The quantitative estimate of drug-likeness (QED) is 0.897. The second-order valence-electron chi connectivity index (χ2n) is 5.90. The first-order valence-electron chi connectivity index (χ1n) is 7.94. The Morgan fingerprint density at radius 3 is 2.70 bits per heavy atom. The molecule has 2 aromatic rings. The molecular weight excluding hydrogens is 310 g/mol. The first-order valence-corrected chi connectivity index (χ1v) is 8.82. The van der Waals surface area contributed by atoms with Gasteiger partial charge in [-0.3, -0.25) is 5.32 Å². The number of anilines is 1. The van der Waals surface area contributed by atoms with Gasteiger partial charge in [0.1, 0.15) is 5.75 Å². The van der Waals surface area contributed by atoms with Crippen LogP contribution in [0.5, 0.6) is 5.75 Å². The van der Waals surface area contributed by atoms with Gasteiger partial charge in [-0.05, 0) is 49.3 Å². The minimum Gasteiger partial charge on any atom is -0.508 e. The monoisotopic (exact) mass is 331 g/mol. The van der Waals surface area contributed by atoms with Gasteiger partial charge < -0.3 is 10.0 Å². The van der Waals surface area contributed by atoms with Crippen LogP contribution in [0.15, 0.2) is 35.8 Å². The van der Waals surface area contributed by atoms with Crippen LogP contribution in [0.1, 0.15) is 24.8 Å². The maximum absolute atomic E-state index is 12.1. The molecule has 1 aromatic carbocycles. The number of likely N-dealkylation sites (tertiary alicyclic amines) is 1. The molecule has 23 heavy (non-hydrogen) atoms. The molecule has 0 bridgehead atoms. The lowest BCUT2D eigenvalue weighted by Gasteiger charge is -2.31. The van der Waals surface area contributed by atoms with Crippen LogP contribution in [0.3, 0.4) is 0 Å². The molecule has 0 aliphatic carbocycles. The van der Waals surface area contributed by atoms with Crippen LogP contribution in [0.25, 0.3) is 0 Å². The minimum absolute atomic E-state index is 0.0445. The molecule has 2 amide bonds. The van der Waals surface area contributed by atoms with E-state index in [1.807, 2.05) is 22.4 Å². The highest BCUT2D eigenvalue weighted by Crippen LogP contribution is 2.23. The molecule has 5 nitrogen and oxygen atoms in total. The number of aromatic nitrogens is 1. The molecule has 1 fully saturated rings. The summed E-state index contributed by atoms with van der Waals surface area (Å²) in [5.41, 5.74) is 1.26. The Balaban J connectivity index is 1.41. The van der Waals surface area contributed by atoms with Crippen LogP contribution in [0, 0.1) is 5.92 Å². The van der Waals surface area contributed by atoms with E-state index in [1.54, 1.807) is 18.3 Å². The van der Waals surface area contributed by atoms with E-state index in [4.69, 9.17) is 0 Å². The number of amides is 2. The fourth-order valence-corrected chi connectivity index (χ4v) is 3.43. The van der Waals surface area contributed by atoms with E-state index >= 15 is 0 Å². The van der Waals surface area contributed by atoms with Crippen LogP contribution in [-0.4, -0.2) is 34.1 Å². The molecule has 1 saturated heterocycles. The second-order valence-corrected chi connectivity index (χ2v) is 6.80. The largest absolute Gasteiger partial charge is 0.508 e. The first-order chi connectivity index (χ1) is 11.2. The van der Waals surface area contributed by atoms with Gasteiger partial charge in [0.05, 0.1) is 0 Å². The Hall–Kier alpha value is -2.08. The zero-order valence-electron chi connectivity index (χ0n) is 12.9. The molecule has 0 radical (unpaired) electrons. The number of nitrogens with one attached hydrogen (secondary N) is 1. The van der Waals surface area contributed by atoms with Crippen LogP contribution in [-0.2, 0) is 6.42 Å². The van der Waals surface area contributed by atoms with E-state index in [1.165, 1.54) is 16.9 Å². The van der Waals surface area contributed by atoms with E-state index in [-0.39, 0.29) is 6.03 Å². The van der Waals surface area contributed by atoms with Crippen molar-refractivity contribution in [3.05, 3.63) is 41.4 Å². The molecule has 0 saturated carbocycles. The molecular formula is C17H21N3O2S. The van der Waals surface area contributed by atoms with Gasteiger partial charge in [-0.25, -0.2) is 9.78 Å². The summed E-state index contributed by atoms with van der Waals surface area (Å²) in [4.78, 5) is 18.1. The highest BCUT2D eigenvalue weighted by molar-refractivity contribution is 7.13. The van der Waals surface area contributed by atoms with Crippen molar-refractivity contribution >= 4 is 22.5 Å². The summed E-state index contributed by atoms with van der Waals surface area (Å²) in [5.74, 6) is 0.973. The number of phenolic OH excluding ortho intramolecular Hbond substituents is 1. The average molecular weight is 331 g/mol. The summed E-state index contributed by atoms with van der Waals surface area (Å²) in [6.45, 7) is 1.61. The summed E-state index contributed by atoms with van der Waals surface area (Å²) in [6, 6.07) is 7.39. The summed E-state index contributed by atoms with van der Waals surface area (Å²) >= 11 is 1.44. The van der Waals surface area contributed by atoms with Gasteiger partial charge in [0.25, 0.3) is 0 Å². The van der Waals surface area contributed by atoms with E-state index in [2.05, 4.69) is 10.3 Å². The molecule has 1 aliphatic heterocycles. The zero-order valence-corrected chi connectivity index (χ0v) is 13.8. The van der Waals surface area contributed by atoms with Crippen molar-refractivity contribution in [1.82, 2.24) is 9.88 Å². The predicted molar refractivity (Wildman–Crippen MR) is 91.9 cm³/mol. The number of thiazole rings is 1. The Labute approximate surface area is 140 Å². The summed E-state index contributed by atoms with van der Waals surface area (Å²) in [5, 5.41) is 14.6. The predicted octanol–water partition coefficient (Wildman–Crippen LogP) is 3.73. The number of aromatic hydroxyl groups is 1. The Morgan fingerprint density at radius 2 is 2.04 bits per heavy atom. The normalized spacial score (nSPS) is 15.6.